The standard InChI is InChI=1S/C17H21N3O4/c1-11(10-21)19(2)14(22)9-20-15(23)17(18-16(20)24)8-7-12-5-3-4-6-13(12)17/h3-6,11,21H,7-10H2,1-2H3,(H,18,24)/t11-,17+/m0/s1. The lowest BCUT2D eigenvalue weighted by molar-refractivity contribution is -0.139. The summed E-state index contributed by atoms with van der Waals surface area (Å²) in [4.78, 5) is 39.8. The van der Waals surface area contributed by atoms with E-state index >= 15 is 0 Å². The monoisotopic (exact) mass is 331 g/mol. The molecule has 7 heteroatoms. The highest BCUT2D eigenvalue weighted by molar-refractivity contribution is 6.09. The number of aliphatic hydroxyl groups is 1. The zero-order valence-electron chi connectivity index (χ0n) is 13.8. The SMILES string of the molecule is C[C@@H](CO)N(C)C(=O)CN1C(=O)N[C@@]2(CCc3ccccc32)C1=O. The van der Waals surface area contributed by atoms with Gasteiger partial charge in [0.25, 0.3) is 5.91 Å². The lowest BCUT2D eigenvalue weighted by atomic mass is 9.92. The zero-order valence-corrected chi connectivity index (χ0v) is 13.8. The number of aliphatic hydroxyl groups excluding tert-OH is 1. The van der Waals surface area contributed by atoms with Crippen LogP contribution in [0.2, 0.25) is 0 Å². The molecule has 1 spiro atoms. The minimum atomic E-state index is -1.05. The summed E-state index contributed by atoms with van der Waals surface area (Å²) in [6, 6.07) is 6.64. The topological polar surface area (TPSA) is 89.9 Å². The molecule has 0 aromatic heterocycles. The van der Waals surface area contributed by atoms with E-state index in [0.29, 0.717) is 12.8 Å². The fourth-order valence-electron chi connectivity index (χ4n) is 3.35. The van der Waals surface area contributed by atoms with E-state index < -0.39 is 11.6 Å². The second kappa shape index (κ2) is 5.90. The molecule has 128 valence electrons. The van der Waals surface area contributed by atoms with Crippen molar-refractivity contribution in [1.82, 2.24) is 15.1 Å². The van der Waals surface area contributed by atoms with Crippen LogP contribution >= 0.6 is 0 Å². The fraction of sp³-hybridized carbons (Fsp3) is 0.471. The average Bonchev–Trinajstić information content (AvgIpc) is 3.07. The quantitative estimate of drug-likeness (QED) is 0.772. The second-order valence-electron chi connectivity index (χ2n) is 6.42. The van der Waals surface area contributed by atoms with E-state index in [0.717, 1.165) is 16.0 Å². The van der Waals surface area contributed by atoms with Crippen molar-refractivity contribution in [2.45, 2.75) is 31.3 Å². The van der Waals surface area contributed by atoms with Crippen molar-refractivity contribution in [3.05, 3.63) is 35.4 Å². The Balaban J connectivity index is 1.82. The Morgan fingerprint density at radius 3 is 2.83 bits per heavy atom. The van der Waals surface area contributed by atoms with Crippen molar-refractivity contribution in [3.63, 3.8) is 0 Å². The van der Waals surface area contributed by atoms with Crippen LogP contribution in [-0.2, 0) is 21.5 Å². The third-order valence-electron chi connectivity index (χ3n) is 5.03. The Morgan fingerprint density at radius 2 is 2.12 bits per heavy atom. The Labute approximate surface area is 140 Å². The van der Waals surface area contributed by atoms with E-state index in [2.05, 4.69) is 5.32 Å². The van der Waals surface area contributed by atoms with Gasteiger partial charge in [-0.25, -0.2) is 4.79 Å². The first-order valence-electron chi connectivity index (χ1n) is 7.99. The minimum Gasteiger partial charge on any atom is -0.394 e. The number of imide groups is 1. The Morgan fingerprint density at radius 1 is 1.42 bits per heavy atom. The van der Waals surface area contributed by atoms with E-state index in [4.69, 9.17) is 5.11 Å². The normalized spacial score (nSPS) is 23.4. The fourth-order valence-corrected chi connectivity index (χ4v) is 3.35. The van der Waals surface area contributed by atoms with E-state index in [9.17, 15) is 14.4 Å². The number of amides is 4. The summed E-state index contributed by atoms with van der Waals surface area (Å²) in [6.45, 7) is 1.19. The largest absolute Gasteiger partial charge is 0.394 e. The highest BCUT2D eigenvalue weighted by Gasteiger charge is 2.55. The lowest BCUT2D eigenvalue weighted by Gasteiger charge is -2.26. The first-order valence-corrected chi connectivity index (χ1v) is 7.99. The number of rotatable bonds is 4. The van der Waals surface area contributed by atoms with Gasteiger partial charge in [0.2, 0.25) is 5.91 Å². The summed E-state index contributed by atoms with van der Waals surface area (Å²) in [6.07, 6.45) is 1.22. The van der Waals surface area contributed by atoms with Crippen molar-refractivity contribution >= 4 is 17.8 Å². The maximum atomic E-state index is 12.9. The molecule has 3 rings (SSSR count). The van der Waals surface area contributed by atoms with E-state index in [-0.39, 0.29) is 31.0 Å². The molecular weight excluding hydrogens is 310 g/mol. The van der Waals surface area contributed by atoms with Gasteiger partial charge in [0.15, 0.2) is 0 Å². The van der Waals surface area contributed by atoms with Crippen molar-refractivity contribution in [3.8, 4) is 0 Å². The van der Waals surface area contributed by atoms with Crippen molar-refractivity contribution < 1.29 is 19.5 Å². The molecule has 2 atom stereocenters. The number of urea groups is 1. The van der Waals surface area contributed by atoms with Gasteiger partial charge in [0, 0.05) is 7.05 Å². The lowest BCUT2D eigenvalue weighted by Crippen LogP contribution is -2.46. The van der Waals surface area contributed by atoms with Gasteiger partial charge in [0.05, 0.1) is 12.6 Å². The predicted octanol–water partition coefficient (Wildman–Crippen LogP) is 0.219. The molecule has 0 saturated carbocycles. The number of hydrogen-bond donors (Lipinski definition) is 2. The Kier molecular flexibility index (Phi) is 4.04. The van der Waals surface area contributed by atoms with Crippen LogP contribution in [0.15, 0.2) is 24.3 Å². The third-order valence-corrected chi connectivity index (χ3v) is 5.03. The van der Waals surface area contributed by atoms with Gasteiger partial charge in [0.1, 0.15) is 12.1 Å². The number of fused-ring (bicyclic) bond motifs is 2. The highest BCUT2D eigenvalue weighted by atomic mass is 16.3. The molecule has 1 aliphatic heterocycles. The van der Waals surface area contributed by atoms with E-state index in [1.807, 2.05) is 24.3 Å². The van der Waals surface area contributed by atoms with Gasteiger partial charge in [-0.1, -0.05) is 24.3 Å². The van der Waals surface area contributed by atoms with Gasteiger partial charge >= 0.3 is 6.03 Å². The zero-order chi connectivity index (χ0) is 17.5. The van der Waals surface area contributed by atoms with Gasteiger partial charge in [-0.15, -0.1) is 0 Å². The molecule has 1 heterocycles. The first kappa shape index (κ1) is 16.4. The second-order valence-corrected chi connectivity index (χ2v) is 6.42. The molecule has 1 aromatic rings. The number of nitrogens with one attached hydrogen (secondary N) is 1. The molecule has 1 fully saturated rings. The summed E-state index contributed by atoms with van der Waals surface area (Å²) in [5, 5.41) is 11.9. The Hall–Kier alpha value is -2.41. The molecule has 1 aliphatic carbocycles. The third kappa shape index (κ3) is 2.36. The molecule has 0 unspecified atom stereocenters. The number of hydrogen-bond acceptors (Lipinski definition) is 4. The molecule has 4 amide bonds. The molecule has 0 bridgehead atoms. The number of carbonyl (C=O) groups excluding carboxylic acids is 3. The highest BCUT2D eigenvalue weighted by Crippen LogP contribution is 2.41. The molecule has 2 N–H and O–H groups in total. The van der Waals surface area contributed by atoms with Crippen LogP contribution in [0.4, 0.5) is 4.79 Å². The number of aryl methyl sites for hydroxylation is 1. The molecule has 0 radical (unpaired) electrons. The maximum absolute atomic E-state index is 12.9. The molecular formula is C17H21N3O4. The summed E-state index contributed by atoms with van der Waals surface area (Å²) < 4.78 is 0. The summed E-state index contributed by atoms with van der Waals surface area (Å²) >= 11 is 0. The number of benzene rings is 1. The van der Waals surface area contributed by atoms with Crippen LogP contribution in [0.5, 0.6) is 0 Å². The van der Waals surface area contributed by atoms with Crippen LogP contribution < -0.4 is 5.32 Å². The predicted molar refractivity (Wildman–Crippen MR) is 86.0 cm³/mol. The number of likely N-dealkylation sites (N-methyl/N-ethyl adjacent to an activating group) is 1. The van der Waals surface area contributed by atoms with Crippen LogP contribution in [0.3, 0.4) is 0 Å². The van der Waals surface area contributed by atoms with Gasteiger partial charge in [-0.3, -0.25) is 14.5 Å². The maximum Gasteiger partial charge on any atom is 0.325 e. The molecule has 1 saturated heterocycles. The average molecular weight is 331 g/mol. The van der Waals surface area contributed by atoms with Crippen LogP contribution in [0, 0.1) is 0 Å². The summed E-state index contributed by atoms with van der Waals surface area (Å²) in [7, 11) is 1.54. The molecule has 7 nitrogen and oxygen atoms in total. The summed E-state index contributed by atoms with van der Waals surface area (Å²) in [5.74, 6) is -0.765. The smallest absolute Gasteiger partial charge is 0.325 e. The van der Waals surface area contributed by atoms with Crippen molar-refractivity contribution in [2.24, 2.45) is 0 Å². The summed E-state index contributed by atoms with van der Waals surface area (Å²) in [5.41, 5.74) is 0.815. The number of carbonyl (C=O) groups is 3. The number of nitrogens with zero attached hydrogens (tertiary/aromatic N) is 2. The van der Waals surface area contributed by atoms with Crippen LogP contribution in [0.25, 0.3) is 0 Å². The van der Waals surface area contributed by atoms with E-state index in [1.165, 1.54) is 4.90 Å². The first-order chi connectivity index (χ1) is 11.4. The molecule has 1 aromatic carbocycles. The van der Waals surface area contributed by atoms with Gasteiger partial charge < -0.3 is 15.3 Å². The minimum absolute atomic E-state index is 0.181. The van der Waals surface area contributed by atoms with Crippen LogP contribution in [-0.4, -0.2) is 59.0 Å². The van der Waals surface area contributed by atoms with E-state index in [1.54, 1.807) is 14.0 Å². The van der Waals surface area contributed by atoms with Crippen molar-refractivity contribution in [1.29, 1.82) is 0 Å². The van der Waals surface area contributed by atoms with Gasteiger partial charge in [-0.05, 0) is 30.9 Å². The van der Waals surface area contributed by atoms with Crippen molar-refractivity contribution in [2.75, 3.05) is 20.2 Å². The molecule has 2 aliphatic rings. The Bertz CT molecular complexity index is 705. The van der Waals surface area contributed by atoms with Gasteiger partial charge in [-0.2, -0.15) is 0 Å². The van der Waals surface area contributed by atoms with Crippen LogP contribution in [0.1, 0.15) is 24.5 Å². The molecule has 24 heavy (non-hydrogen) atoms.